The molecular weight excluding hydrogens is 262 g/mol. The van der Waals surface area contributed by atoms with E-state index in [1.165, 1.54) is 69.3 Å². The van der Waals surface area contributed by atoms with Crippen LogP contribution >= 0.6 is 11.8 Å². The lowest BCUT2D eigenvalue weighted by Gasteiger charge is -2.17. The summed E-state index contributed by atoms with van der Waals surface area (Å²) in [5.74, 6) is 0.602. The molecule has 2 heteroatoms. The fourth-order valence-corrected chi connectivity index (χ4v) is 3.17. The molecular formula is C18H33NS. The van der Waals surface area contributed by atoms with Crippen molar-refractivity contribution in [3.05, 3.63) is 24.8 Å². The first-order valence-electron chi connectivity index (χ1n) is 8.26. The summed E-state index contributed by atoms with van der Waals surface area (Å²) < 4.78 is 0. The van der Waals surface area contributed by atoms with Crippen LogP contribution in [0.25, 0.3) is 0 Å². The van der Waals surface area contributed by atoms with E-state index >= 15 is 0 Å². The zero-order chi connectivity index (χ0) is 15.1. The lowest BCUT2D eigenvalue weighted by atomic mass is 9.95. The van der Waals surface area contributed by atoms with Gasteiger partial charge in [-0.3, -0.25) is 4.99 Å². The van der Waals surface area contributed by atoms with Gasteiger partial charge in [-0.1, -0.05) is 90.1 Å². The molecule has 0 aliphatic heterocycles. The minimum Gasteiger partial charge on any atom is -0.254 e. The third-order valence-corrected chi connectivity index (χ3v) is 4.43. The van der Waals surface area contributed by atoms with E-state index in [2.05, 4.69) is 32.0 Å². The van der Waals surface area contributed by atoms with Crippen LogP contribution < -0.4 is 0 Å². The molecule has 0 heterocycles. The Morgan fingerprint density at radius 1 is 0.950 bits per heavy atom. The monoisotopic (exact) mass is 295 g/mol. The van der Waals surface area contributed by atoms with Crippen molar-refractivity contribution in [3.63, 3.8) is 0 Å². The molecule has 0 aromatic heterocycles. The maximum absolute atomic E-state index is 4.48. The lowest BCUT2D eigenvalue weighted by molar-refractivity contribution is 0.497. The summed E-state index contributed by atoms with van der Waals surface area (Å²) in [5.41, 5.74) is 0. The maximum atomic E-state index is 4.48. The zero-order valence-corrected chi connectivity index (χ0v) is 14.4. The van der Waals surface area contributed by atoms with Crippen LogP contribution in [0.5, 0.6) is 0 Å². The second-order valence-electron chi connectivity index (χ2n) is 5.33. The summed E-state index contributed by atoms with van der Waals surface area (Å²) >= 11 is 1.68. The van der Waals surface area contributed by atoms with Crippen molar-refractivity contribution in [2.24, 2.45) is 10.9 Å². The average Bonchev–Trinajstić information content (AvgIpc) is 2.45. The molecule has 0 fully saturated rings. The largest absolute Gasteiger partial charge is 0.254 e. The fraction of sp³-hybridized carbons (Fsp3) is 0.722. The highest BCUT2D eigenvalue weighted by Crippen LogP contribution is 2.26. The van der Waals surface area contributed by atoms with Crippen LogP contribution in [0.1, 0.15) is 78.1 Å². The van der Waals surface area contributed by atoms with Crippen LogP contribution in [0.15, 0.2) is 29.8 Å². The van der Waals surface area contributed by atoms with Crippen molar-refractivity contribution in [1.29, 1.82) is 0 Å². The molecule has 116 valence electrons. The van der Waals surface area contributed by atoms with Crippen molar-refractivity contribution < 1.29 is 0 Å². The Bertz CT molecular complexity index is 259. The Kier molecular flexibility index (Phi) is 14.5. The molecule has 20 heavy (non-hydrogen) atoms. The van der Waals surface area contributed by atoms with Gasteiger partial charge in [-0.25, -0.2) is 0 Å². The highest BCUT2D eigenvalue weighted by Gasteiger charge is 2.15. The van der Waals surface area contributed by atoms with E-state index in [1.807, 2.05) is 5.41 Å². The van der Waals surface area contributed by atoms with Crippen LogP contribution in [0.2, 0.25) is 0 Å². The maximum Gasteiger partial charge on any atom is 0.0803 e. The second kappa shape index (κ2) is 14.9. The van der Waals surface area contributed by atoms with E-state index < -0.39 is 0 Å². The van der Waals surface area contributed by atoms with Gasteiger partial charge in [0.05, 0.1) is 5.04 Å². The molecule has 0 saturated heterocycles. The van der Waals surface area contributed by atoms with Crippen molar-refractivity contribution in [2.45, 2.75) is 78.1 Å². The van der Waals surface area contributed by atoms with Crippen molar-refractivity contribution in [1.82, 2.24) is 0 Å². The summed E-state index contributed by atoms with van der Waals surface area (Å²) in [7, 11) is 0. The fourth-order valence-electron chi connectivity index (χ4n) is 2.43. The van der Waals surface area contributed by atoms with E-state index in [0.717, 1.165) is 0 Å². The molecule has 0 aromatic rings. The molecule has 0 aromatic carbocycles. The number of hydrogen-bond donors (Lipinski definition) is 0. The number of nitrogens with zero attached hydrogens (tertiary/aromatic N) is 1. The Balaban J connectivity index is 4.36. The molecule has 0 aliphatic carbocycles. The summed E-state index contributed by atoms with van der Waals surface area (Å²) in [6.45, 7) is 12.1. The summed E-state index contributed by atoms with van der Waals surface area (Å²) in [6.07, 6.45) is 14.9. The predicted octanol–water partition coefficient (Wildman–Crippen LogP) is 6.96. The normalized spacial score (nSPS) is 11.8. The Morgan fingerprint density at radius 3 is 1.90 bits per heavy atom. The SMILES string of the molecule is C=CN=C(SC=C)C(CCCCCC)CCCCCC. The average molecular weight is 296 g/mol. The Labute approximate surface area is 131 Å². The quantitative estimate of drug-likeness (QED) is 0.203. The minimum atomic E-state index is 0.602. The van der Waals surface area contributed by atoms with Crippen LogP contribution in [-0.4, -0.2) is 5.04 Å². The lowest BCUT2D eigenvalue weighted by Crippen LogP contribution is -2.11. The van der Waals surface area contributed by atoms with E-state index in [-0.39, 0.29) is 0 Å². The second-order valence-corrected chi connectivity index (χ2v) is 6.32. The smallest absolute Gasteiger partial charge is 0.0803 e. The molecule has 0 atom stereocenters. The molecule has 0 N–H and O–H groups in total. The number of rotatable bonds is 13. The third kappa shape index (κ3) is 10.3. The zero-order valence-electron chi connectivity index (χ0n) is 13.6. The van der Waals surface area contributed by atoms with Crippen molar-refractivity contribution in [3.8, 4) is 0 Å². The van der Waals surface area contributed by atoms with Gasteiger partial charge in [0.25, 0.3) is 0 Å². The molecule has 1 nitrogen and oxygen atoms in total. The van der Waals surface area contributed by atoms with Crippen LogP contribution in [0.3, 0.4) is 0 Å². The first-order chi connectivity index (χ1) is 9.79. The molecule has 0 amide bonds. The van der Waals surface area contributed by atoms with Gasteiger partial charge in [0, 0.05) is 12.1 Å². The highest BCUT2D eigenvalue weighted by molar-refractivity contribution is 8.16. The van der Waals surface area contributed by atoms with Gasteiger partial charge < -0.3 is 0 Å². The highest BCUT2D eigenvalue weighted by atomic mass is 32.2. The van der Waals surface area contributed by atoms with Gasteiger partial charge in [-0.15, -0.1) is 0 Å². The van der Waals surface area contributed by atoms with Gasteiger partial charge in [0.2, 0.25) is 0 Å². The Morgan fingerprint density at radius 2 is 1.50 bits per heavy atom. The van der Waals surface area contributed by atoms with Gasteiger partial charge in [0.15, 0.2) is 0 Å². The van der Waals surface area contributed by atoms with Crippen molar-refractivity contribution >= 4 is 16.8 Å². The van der Waals surface area contributed by atoms with Crippen LogP contribution in [-0.2, 0) is 0 Å². The summed E-state index contributed by atoms with van der Waals surface area (Å²) in [6, 6.07) is 0. The number of unbranched alkanes of at least 4 members (excludes halogenated alkanes) is 6. The van der Waals surface area contributed by atoms with Gasteiger partial charge in [0.1, 0.15) is 0 Å². The number of aliphatic imine (C=N–C) groups is 1. The minimum absolute atomic E-state index is 0.602. The van der Waals surface area contributed by atoms with Crippen molar-refractivity contribution in [2.75, 3.05) is 0 Å². The van der Waals surface area contributed by atoms with E-state index in [4.69, 9.17) is 0 Å². The number of thioether (sulfide) groups is 1. The summed E-state index contributed by atoms with van der Waals surface area (Å²) in [5, 5.41) is 3.11. The Hall–Kier alpha value is -0.500. The summed E-state index contributed by atoms with van der Waals surface area (Å²) in [4.78, 5) is 4.48. The predicted molar refractivity (Wildman–Crippen MR) is 96.4 cm³/mol. The van der Waals surface area contributed by atoms with E-state index in [1.54, 1.807) is 18.0 Å². The third-order valence-electron chi connectivity index (χ3n) is 3.58. The molecule has 0 saturated carbocycles. The molecule has 0 bridgehead atoms. The molecule has 0 rings (SSSR count). The molecule has 0 spiro atoms. The van der Waals surface area contributed by atoms with Gasteiger partial charge >= 0.3 is 0 Å². The van der Waals surface area contributed by atoms with Gasteiger partial charge in [-0.2, -0.15) is 0 Å². The number of hydrogen-bond acceptors (Lipinski definition) is 2. The van der Waals surface area contributed by atoms with Gasteiger partial charge in [-0.05, 0) is 18.2 Å². The molecule has 0 aliphatic rings. The van der Waals surface area contributed by atoms with E-state index in [9.17, 15) is 0 Å². The van der Waals surface area contributed by atoms with E-state index in [0.29, 0.717) is 5.92 Å². The first-order valence-corrected chi connectivity index (χ1v) is 9.14. The molecule has 0 unspecified atom stereocenters. The topological polar surface area (TPSA) is 12.4 Å². The standard InChI is InChI=1S/C18H33NS/c1-5-9-11-13-15-17(16-14-12-10-6-2)18(19-7-3)20-8-4/h7-8,17H,3-6,9-16H2,1-2H3. The first kappa shape index (κ1) is 19.5. The van der Waals surface area contributed by atoms with Crippen LogP contribution in [0.4, 0.5) is 0 Å². The van der Waals surface area contributed by atoms with Crippen LogP contribution in [0, 0.1) is 5.92 Å². The molecule has 0 radical (unpaired) electrons.